The van der Waals surface area contributed by atoms with E-state index in [2.05, 4.69) is 28.6 Å². The van der Waals surface area contributed by atoms with Crippen LogP contribution in [-0.4, -0.2) is 42.1 Å². The van der Waals surface area contributed by atoms with Crippen LogP contribution in [0.25, 0.3) is 0 Å². The summed E-state index contributed by atoms with van der Waals surface area (Å²) < 4.78 is 0. The minimum Gasteiger partial charge on any atom is -0.346 e. The van der Waals surface area contributed by atoms with E-state index in [1.165, 1.54) is 4.88 Å². The van der Waals surface area contributed by atoms with Crippen LogP contribution < -0.4 is 10.6 Å². The van der Waals surface area contributed by atoms with Crippen molar-refractivity contribution in [2.24, 2.45) is 5.73 Å². The Hall–Kier alpha value is -0.650. The number of thiazole rings is 1. The molecule has 0 unspecified atom stereocenters. The van der Waals surface area contributed by atoms with E-state index >= 15 is 0 Å². The van der Waals surface area contributed by atoms with E-state index < -0.39 is 0 Å². The fourth-order valence-corrected chi connectivity index (χ4v) is 3.16. The van der Waals surface area contributed by atoms with E-state index in [0.717, 1.165) is 37.0 Å². The van der Waals surface area contributed by atoms with Crippen molar-refractivity contribution in [3.05, 3.63) is 10.6 Å². The van der Waals surface area contributed by atoms with Crippen molar-refractivity contribution in [2.75, 3.05) is 31.1 Å². The Morgan fingerprint density at radius 3 is 2.41 bits per heavy atom. The first-order valence-corrected chi connectivity index (χ1v) is 7.09. The molecule has 0 aliphatic carbocycles. The van der Waals surface area contributed by atoms with Crippen LogP contribution in [-0.2, 0) is 6.54 Å². The first-order chi connectivity index (χ1) is 8.11. The van der Waals surface area contributed by atoms with Gasteiger partial charge in [-0.25, -0.2) is 4.98 Å². The summed E-state index contributed by atoms with van der Waals surface area (Å²) in [5.41, 5.74) is 6.80. The van der Waals surface area contributed by atoms with Crippen molar-refractivity contribution in [3.63, 3.8) is 0 Å². The van der Waals surface area contributed by atoms with Gasteiger partial charge < -0.3 is 10.6 Å². The lowest BCUT2D eigenvalue weighted by atomic mass is 10.2. The molecule has 1 fully saturated rings. The molecule has 2 heterocycles. The Labute approximate surface area is 107 Å². The molecule has 2 N–H and O–H groups in total. The first-order valence-electron chi connectivity index (χ1n) is 6.27. The van der Waals surface area contributed by atoms with Gasteiger partial charge in [0.2, 0.25) is 0 Å². The smallest absolute Gasteiger partial charge is 0.185 e. The predicted molar refractivity (Wildman–Crippen MR) is 73.7 cm³/mol. The molecule has 1 aliphatic rings. The minimum atomic E-state index is 0.607. The molecule has 5 heteroatoms. The average Bonchev–Trinajstić information content (AvgIpc) is 2.70. The molecule has 96 valence electrons. The maximum Gasteiger partial charge on any atom is 0.185 e. The lowest BCUT2D eigenvalue weighted by Gasteiger charge is -2.36. The van der Waals surface area contributed by atoms with Crippen molar-refractivity contribution >= 4 is 16.5 Å². The Kier molecular flexibility index (Phi) is 4.01. The molecule has 17 heavy (non-hydrogen) atoms. The molecule has 4 nitrogen and oxygen atoms in total. The zero-order valence-electron chi connectivity index (χ0n) is 10.9. The molecular formula is C12H22N4S. The second-order valence-electron chi connectivity index (χ2n) is 4.83. The van der Waals surface area contributed by atoms with Crippen LogP contribution in [0.2, 0.25) is 0 Å². The zero-order chi connectivity index (χ0) is 12.4. The van der Waals surface area contributed by atoms with E-state index in [4.69, 9.17) is 5.73 Å². The van der Waals surface area contributed by atoms with Gasteiger partial charge >= 0.3 is 0 Å². The molecule has 0 amide bonds. The standard InChI is InChI=1S/C12H22N4S/c1-9(2)15-4-6-16(7-5-15)12-14-10(3)11(8-13)17-12/h9H,4-8,13H2,1-3H3. The minimum absolute atomic E-state index is 0.607. The van der Waals surface area contributed by atoms with Gasteiger partial charge in [0.25, 0.3) is 0 Å². The molecule has 0 bridgehead atoms. The van der Waals surface area contributed by atoms with Crippen LogP contribution in [0.1, 0.15) is 24.4 Å². The molecule has 0 saturated carbocycles. The van der Waals surface area contributed by atoms with E-state index in [9.17, 15) is 0 Å². The van der Waals surface area contributed by atoms with Crippen molar-refractivity contribution < 1.29 is 0 Å². The van der Waals surface area contributed by atoms with Crippen LogP contribution in [0.4, 0.5) is 5.13 Å². The van der Waals surface area contributed by atoms with Crippen LogP contribution in [0.15, 0.2) is 0 Å². The highest BCUT2D eigenvalue weighted by Crippen LogP contribution is 2.26. The SMILES string of the molecule is Cc1nc(N2CCN(C(C)C)CC2)sc1CN. The van der Waals surface area contributed by atoms with Crippen LogP contribution >= 0.6 is 11.3 Å². The zero-order valence-corrected chi connectivity index (χ0v) is 11.8. The van der Waals surface area contributed by atoms with Crippen LogP contribution in [0, 0.1) is 6.92 Å². The third kappa shape index (κ3) is 2.78. The summed E-state index contributed by atoms with van der Waals surface area (Å²) in [4.78, 5) is 10.7. The fourth-order valence-electron chi connectivity index (χ4n) is 2.17. The van der Waals surface area contributed by atoms with Gasteiger partial charge in [-0.2, -0.15) is 0 Å². The molecule has 0 atom stereocenters. The van der Waals surface area contributed by atoms with Crippen LogP contribution in [0.5, 0.6) is 0 Å². The summed E-state index contributed by atoms with van der Waals surface area (Å²) >= 11 is 1.75. The average molecular weight is 254 g/mol. The number of piperazine rings is 1. The molecule has 1 aromatic rings. The summed E-state index contributed by atoms with van der Waals surface area (Å²) in [6.07, 6.45) is 0. The van der Waals surface area contributed by atoms with Gasteiger partial charge in [0.1, 0.15) is 0 Å². The van der Waals surface area contributed by atoms with E-state index in [-0.39, 0.29) is 0 Å². The Morgan fingerprint density at radius 1 is 1.29 bits per heavy atom. The molecule has 0 aromatic carbocycles. The third-order valence-electron chi connectivity index (χ3n) is 3.38. The van der Waals surface area contributed by atoms with Gasteiger partial charge in [0.05, 0.1) is 5.69 Å². The van der Waals surface area contributed by atoms with Gasteiger partial charge in [-0.1, -0.05) is 0 Å². The lowest BCUT2D eigenvalue weighted by molar-refractivity contribution is 0.209. The largest absolute Gasteiger partial charge is 0.346 e. The number of aryl methyl sites for hydroxylation is 1. The second-order valence-corrected chi connectivity index (χ2v) is 5.89. The molecule has 0 spiro atoms. The predicted octanol–water partition coefficient (Wildman–Crippen LogP) is 1.44. The summed E-state index contributed by atoms with van der Waals surface area (Å²) in [5.74, 6) is 0. The van der Waals surface area contributed by atoms with Crippen molar-refractivity contribution in [1.82, 2.24) is 9.88 Å². The number of hydrogen-bond donors (Lipinski definition) is 1. The summed E-state index contributed by atoms with van der Waals surface area (Å²) in [6, 6.07) is 0.648. The first kappa shape index (κ1) is 12.8. The molecule has 2 rings (SSSR count). The summed E-state index contributed by atoms with van der Waals surface area (Å²) in [7, 11) is 0. The highest BCUT2D eigenvalue weighted by molar-refractivity contribution is 7.15. The van der Waals surface area contributed by atoms with E-state index in [1.807, 2.05) is 6.92 Å². The Balaban J connectivity index is 2.00. The normalized spacial score (nSPS) is 18.1. The Morgan fingerprint density at radius 2 is 1.94 bits per heavy atom. The molecular weight excluding hydrogens is 232 g/mol. The maximum absolute atomic E-state index is 5.70. The van der Waals surface area contributed by atoms with Crippen molar-refractivity contribution in [3.8, 4) is 0 Å². The van der Waals surface area contributed by atoms with Crippen molar-refractivity contribution in [1.29, 1.82) is 0 Å². The number of rotatable bonds is 3. The summed E-state index contributed by atoms with van der Waals surface area (Å²) in [5, 5.41) is 1.14. The third-order valence-corrected chi connectivity index (χ3v) is 4.62. The Bertz CT molecular complexity index is 367. The maximum atomic E-state index is 5.70. The quantitative estimate of drug-likeness (QED) is 0.886. The van der Waals surface area contributed by atoms with Gasteiger partial charge in [-0.05, 0) is 20.8 Å². The summed E-state index contributed by atoms with van der Waals surface area (Å²) in [6.45, 7) is 11.6. The highest BCUT2D eigenvalue weighted by atomic mass is 32.1. The van der Waals surface area contributed by atoms with E-state index in [1.54, 1.807) is 11.3 Å². The van der Waals surface area contributed by atoms with Crippen LogP contribution in [0.3, 0.4) is 0 Å². The second kappa shape index (κ2) is 5.33. The molecule has 1 aromatic heterocycles. The van der Waals surface area contributed by atoms with Gasteiger partial charge in [-0.15, -0.1) is 11.3 Å². The molecule has 1 saturated heterocycles. The number of nitrogens with zero attached hydrogens (tertiary/aromatic N) is 3. The monoisotopic (exact) mass is 254 g/mol. The molecule has 0 radical (unpaired) electrons. The number of hydrogen-bond acceptors (Lipinski definition) is 5. The number of aromatic nitrogens is 1. The highest BCUT2D eigenvalue weighted by Gasteiger charge is 2.21. The van der Waals surface area contributed by atoms with Crippen molar-refractivity contribution in [2.45, 2.75) is 33.4 Å². The number of nitrogens with two attached hydrogens (primary N) is 1. The van der Waals surface area contributed by atoms with Gasteiger partial charge in [-0.3, -0.25) is 4.90 Å². The number of anilines is 1. The molecule has 1 aliphatic heterocycles. The van der Waals surface area contributed by atoms with Gasteiger partial charge in [0.15, 0.2) is 5.13 Å². The fraction of sp³-hybridized carbons (Fsp3) is 0.750. The van der Waals surface area contributed by atoms with Gasteiger partial charge in [0, 0.05) is 43.6 Å². The van der Waals surface area contributed by atoms with E-state index in [0.29, 0.717) is 12.6 Å². The lowest BCUT2D eigenvalue weighted by Crippen LogP contribution is -2.48. The topological polar surface area (TPSA) is 45.4 Å².